The minimum Gasteiger partial charge on any atom is -0.480 e. The molecule has 0 spiro atoms. The Morgan fingerprint density at radius 3 is 2.31 bits per heavy atom. The molecule has 1 amide bonds. The normalized spacial score (nSPS) is 21.7. The number of amides is 1. The summed E-state index contributed by atoms with van der Waals surface area (Å²) < 4.78 is 0. The monoisotopic (exact) mass is 230 g/mol. The van der Waals surface area contributed by atoms with E-state index >= 15 is 0 Å². The van der Waals surface area contributed by atoms with Gasteiger partial charge in [-0.2, -0.15) is 0 Å². The number of carboxylic acid groups (broad SMARTS) is 1. The molecule has 0 aromatic carbocycles. The molecule has 2 unspecified atom stereocenters. The molecule has 16 heavy (non-hydrogen) atoms. The summed E-state index contributed by atoms with van der Waals surface area (Å²) in [5, 5.41) is 20.4. The van der Waals surface area contributed by atoms with Crippen molar-refractivity contribution in [3.8, 4) is 0 Å². The summed E-state index contributed by atoms with van der Waals surface area (Å²) in [6, 6.07) is -1.27. The van der Waals surface area contributed by atoms with Gasteiger partial charge in [0.2, 0.25) is 5.91 Å². The van der Waals surface area contributed by atoms with Crippen LogP contribution in [0.5, 0.6) is 0 Å². The molecule has 2 atom stereocenters. The number of carbonyl (C=O) groups is 2. The zero-order valence-electron chi connectivity index (χ0n) is 9.27. The molecule has 1 rings (SSSR count). The largest absolute Gasteiger partial charge is 0.480 e. The lowest BCUT2D eigenvalue weighted by Gasteiger charge is -2.39. The fraction of sp³-hybridized carbons (Fsp3) is 0.800. The van der Waals surface area contributed by atoms with Crippen LogP contribution in [0.4, 0.5) is 0 Å². The van der Waals surface area contributed by atoms with Crippen LogP contribution in [-0.2, 0) is 9.59 Å². The fourth-order valence-electron chi connectivity index (χ4n) is 1.81. The Labute approximate surface area is 93.8 Å². The fourth-order valence-corrected chi connectivity index (χ4v) is 1.81. The predicted octanol–water partition coefficient (Wildman–Crippen LogP) is -0.934. The van der Waals surface area contributed by atoms with Gasteiger partial charge in [0.25, 0.3) is 0 Å². The summed E-state index contributed by atoms with van der Waals surface area (Å²) in [5.41, 5.74) is 4.90. The van der Waals surface area contributed by atoms with Crippen molar-refractivity contribution < 1.29 is 19.8 Å². The smallest absolute Gasteiger partial charge is 0.328 e. The van der Waals surface area contributed by atoms with Crippen LogP contribution in [-0.4, -0.2) is 40.8 Å². The number of aliphatic hydroxyl groups excluding tert-OH is 1. The minimum atomic E-state index is -1.27. The van der Waals surface area contributed by atoms with Crippen molar-refractivity contribution in [2.45, 2.75) is 38.3 Å². The zero-order chi connectivity index (χ0) is 12.3. The summed E-state index contributed by atoms with van der Waals surface area (Å²) in [4.78, 5) is 22.6. The highest BCUT2D eigenvalue weighted by molar-refractivity contribution is 5.88. The third-order valence-corrected chi connectivity index (χ3v) is 3.22. The van der Waals surface area contributed by atoms with E-state index in [-0.39, 0.29) is 12.5 Å². The number of nitrogens with two attached hydrogens (primary N) is 1. The van der Waals surface area contributed by atoms with E-state index in [1.807, 2.05) is 0 Å². The molecule has 0 heterocycles. The quantitative estimate of drug-likeness (QED) is 0.487. The second-order valence-corrected chi connectivity index (χ2v) is 4.37. The lowest BCUT2D eigenvalue weighted by molar-refractivity contribution is -0.148. The van der Waals surface area contributed by atoms with Gasteiger partial charge >= 0.3 is 5.97 Å². The van der Waals surface area contributed by atoms with Gasteiger partial charge in [-0.1, -0.05) is 6.42 Å². The highest BCUT2D eigenvalue weighted by atomic mass is 16.4. The summed E-state index contributed by atoms with van der Waals surface area (Å²) in [5.74, 6) is -1.61. The molecular weight excluding hydrogens is 212 g/mol. The average Bonchev–Trinajstić information content (AvgIpc) is 2.12. The minimum absolute atomic E-state index is 0.213. The molecule has 0 aliphatic heterocycles. The van der Waals surface area contributed by atoms with E-state index in [9.17, 15) is 14.7 Å². The number of nitrogens with one attached hydrogen (secondary N) is 1. The molecule has 0 radical (unpaired) electrons. The van der Waals surface area contributed by atoms with Crippen LogP contribution >= 0.6 is 0 Å². The van der Waals surface area contributed by atoms with E-state index in [0.29, 0.717) is 12.8 Å². The molecule has 0 saturated heterocycles. The summed E-state index contributed by atoms with van der Waals surface area (Å²) >= 11 is 0. The number of hydrogen-bond acceptors (Lipinski definition) is 4. The Kier molecular flexibility index (Phi) is 3.88. The van der Waals surface area contributed by atoms with E-state index < -0.39 is 23.5 Å². The van der Waals surface area contributed by atoms with E-state index in [2.05, 4.69) is 5.32 Å². The number of rotatable bonds is 5. The maximum absolute atomic E-state index is 11.8. The standard InChI is InChI=1S/C10H18N2O4/c1-6(13)7(8(14)15)12-9(16)10(5-11)3-2-4-10/h6-7,13H,2-5,11H2,1H3,(H,12,16)(H,14,15). The van der Waals surface area contributed by atoms with Gasteiger partial charge in [-0.05, 0) is 19.8 Å². The Bertz CT molecular complexity index is 281. The zero-order valence-corrected chi connectivity index (χ0v) is 9.27. The number of aliphatic hydroxyl groups is 1. The van der Waals surface area contributed by atoms with Gasteiger partial charge in [0.1, 0.15) is 0 Å². The number of aliphatic carboxylic acids is 1. The summed E-state index contributed by atoms with van der Waals surface area (Å²) in [7, 11) is 0. The van der Waals surface area contributed by atoms with Gasteiger partial charge in [0.15, 0.2) is 6.04 Å². The first-order valence-electron chi connectivity index (χ1n) is 5.35. The molecule has 0 aromatic rings. The van der Waals surface area contributed by atoms with Crippen LogP contribution in [0, 0.1) is 5.41 Å². The van der Waals surface area contributed by atoms with Crippen LogP contribution in [0.25, 0.3) is 0 Å². The number of hydrogen-bond donors (Lipinski definition) is 4. The SMILES string of the molecule is CC(O)C(NC(=O)C1(CN)CCC1)C(=O)O. The van der Waals surface area contributed by atoms with Crippen molar-refractivity contribution in [3.05, 3.63) is 0 Å². The van der Waals surface area contributed by atoms with Crippen LogP contribution in [0.15, 0.2) is 0 Å². The Morgan fingerprint density at radius 1 is 1.50 bits per heavy atom. The van der Waals surface area contributed by atoms with Crippen molar-refractivity contribution in [1.29, 1.82) is 0 Å². The highest BCUT2D eigenvalue weighted by Gasteiger charge is 2.44. The molecule has 0 aromatic heterocycles. The third-order valence-electron chi connectivity index (χ3n) is 3.22. The van der Waals surface area contributed by atoms with E-state index in [4.69, 9.17) is 10.8 Å². The molecule has 5 N–H and O–H groups in total. The van der Waals surface area contributed by atoms with E-state index in [1.165, 1.54) is 6.92 Å². The Balaban J connectivity index is 2.65. The maximum Gasteiger partial charge on any atom is 0.328 e. The molecule has 1 fully saturated rings. The van der Waals surface area contributed by atoms with Crippen molar-refractivity contribution in [1.82, 2.24) is 5.32 Å². The van der Waals surface area contributed by atoms with Gasteiger partial charge in [-0.3, -0.25) is 4.79 Å². The van der Waals surface area contributed by atoms with Crippen LogP contribution in [0.3, 0.4) is 0 Å². The lowest BCUT2D eigenvalue weighted by atomic mass is 9.68. The van der Waals surface area contributed by atoms with Crippen LogP contribution in [0.1, 0.15) is 26.2 Å². The van der Waals surface area contributed by atoms with Crippen LogP contribution < -0.4 is 11.1 Å². The Hall–Kier alpha value is -1.14. The predicted molar refractivity (Wildman–Crippen MR) is 56.6 cm³/mol. The molecule has 1 aliphatic rings. The second kappa shape index (κ2) is 4.80. The van der Waals surface area contributed by atoms with E-state index in [0.717, 1.165) is 6.42 Å². The van der Waals surface area contributed by atoms with Gasteiger partial charge in [-0.25, -0.2) is 4.79 Å². The third kappa shape index (κ3) is 2.33. The first-order chi connectivity index (χ1) is 7.43. The van der Waals surface area contributed by atoms with Crippen LogP contribution in [0.2, 0.25) is 0 Å². The molecule has 0 bridgehead atoms. The lowest BCUT2D eigenvalue weighted by Crippen LogP contribution is -2.56. The molecule has 6 heteroatoms. The topological polar surface area (TPSA) is 113 Å². The van der Waals surface area contributed by atoms with Crippen molar-refractivity contribution in [3.63, 3.8) is 0 Å². The Morgan fingerprint density at radius 2 is 2.06 bits per heavy atom. The van der Waals surface area contributed by atoms with Gasteiger partial charge in [-0.15, -0.1) is 0 Å². The molecule has 1 saturated carbocycles. The van der Waals surface area contributed by atoms with Crippen molar-refractivity contribution in [2.75, 3.05) is 6.54 Å². The van der Waals surface area contributed by atoms with Gasteiger partial charge < -0.3 is 21.3 Å². The number of carboxylic acids is 1. The number of carbonyl (C=O) groups excluding carboxylic acids is 1. The van der Waals surface area contributed by atoms with E-state index in [1.54, 1.807) is 0 Å². The highest BCUT2D eigenvalue weighted by Crippen LogP contribution is 2.40. The maximum atomic E-state index is 11.8. The first kappa shape index (κ1) is 12.9. The average molecular weight is 230 g/mol. The summed E-state index contributed by atoms with van der Waals surface area (Å²) in [6.45, 7) is 1.54. The molecular formula is C10H18N2O4. The van der Waals surface area contributed by atoms with Crippen molar-refractivity contribution >= 4 is 11.9 Å². The summed E-state index contributed by atoms with van der Waals surface area (Å²) in [6.07, 6.45) is 1.16. The van der Waals surface area contributed by atoms with Gasteiger partial charge in [0.05, 0.1) is 11.5 Å². The molecule has 6 nitrogen and oxygen atoms in total. The first-order valence-corrected chi connectivity index (χ1v) is 5.35. The second-order valence-electron chi connectivity index (χ2n) is 4.37. The van der Waals surface area contributed by atoms with Gasteiger partial charge in [0, 0.05) is 6.54 Å². The molecule has 1 aliphatic carbocycles. The van der Waals surface area contributed by atoms with Crippen molar-refractivity contribution in [2.24, 2.45) is 11.1 Å². The molecule has 92 valence electrons.